The molecule has 2 heterocycles. The van der Waals surface area contributed by atoms with Crippen LogP contribution in [0.5, 0.6) is 0 Å². The Morgan fingerprint density at radius 3 is 3.19 bits per heavy atom. The molecule has 2 rings (SSSR count). The first-order chi connectivity index (χ1) is 7.69. The van der Waals surface area contributed by atoms with Gasteiger partial charge in [-0.2, -0.15) is 5.26 Å². The molecule has 6 heteroatoms. The zero-order valence-electron chi connectivity index (χ0n) is 8.93. The second-order valence-electron chi connectivity index (χ2n) is 3.80. The van der Waals surface area contributed by atoms with Crippen molar-refractivity contribution in [1.29, 1.82) is 5.26 Å². The number of hydrogen-bond donors (Lipinski definition) is 1. The number of nitrogens with zero attached hydrogens (tertiary/aromatic N) is 3. The standard InChI is InChI=1S/C10H12N4OS/c1-7-4-12-10(16-7)13-9(15)8-2-3-14(5-8)6-11/h4,8H,2-3,5H2,1H3,(H,12,13,15). The monoisotopic (exact) mass is 236 g/mol. The minimum absolute atomic E-state index is 0.0351. The average molecular weight is 236 g/mol. The summed E-state index contributed by atoms with van der Waals surface area (Å²) in [6.07, 6.45) is 4.53. The van der Waals surface area contributed by atoms with Crippen LogP contribution in [0.3, 0.4) is 0 Å². The van der Waals surface area contributed by atoms with Crippen molar-refractivity contribution in [3.05, 3.63) is 11.1 Å². The summed E-state index contributed by atoms with van der Waals surface area (Å²) in [6.45, 7) is 3.14. The molecule has 1 saturated heterocycles. The molecule has 1 fully saturated rings. The van der Waals surface area contributed by atoms with Gasteiger partial charge in [-0.1, -0.05) is 0 Å². The minimum Gasteiger partial charge on any atom is -0.310 e. The van der Waals surface area contributed by atoms with Gasteiger partial charge in [-0.25, -0.2) is 4.98 Å². The van der Waals surface area contributed by atoms with Crippen LogP contribution in [0.4, 0.5) is 5.13 Å². The Labute approximate surface area is 97.7 Å². The van der Waals surface area contributed by atoms with Gasteiger partial charge in [0.2, 0.25) is 5.91 Å². The van der Waals surface area contributed by atoms with E-state index in [1.54, 1.807) is 11.1 Å². The van der Waals surface area contributed by atoms with Crippen molar-refractivity contribution in [2.75, 3.05) is 18.4 Å². The first-order valence-corrected chi connectivity index (χ1v) is 5.88. The Bertz CT molecular complexity index is 436. The van der Waals surface area contributed by atoms with Gasteiger partial charge in [0, 0.05) is 24.2 Å². The number of aromatic nitrogens is 1. The number of aryl methyl sites for hydroxylation is 1. The Morgan fingerprint density at radius 2 is 2.62 bits per heavy atom. The molecular formula is C10H12N4OS. The van der Waals surface area contributed by atoms with Crippen LogP contribution in [-0.2, 0) is 4.79 Å². The van der Waals surface area contributed by atoms with E-state index in [1.807, 2.05) is 6.92 Å². The molecule has 1 N–H and O–H groups in total. The molecule has 1 aromatic heterocycles. The van der Waals surface area contributed by atoms with Crippen molar-refractivity contribution >= 4 is 22.4 Å². The Hall–Kier alpha value is -1.61. The molecule has 0 aliphatic carbocycles. The van der Waals surface area contributed by atoms with Gasteiger partial charge in [0.25, 0.3) is 0 Å². The maximum absolute atomic E-state index is 11.8. The number of anilines is 1. The van der Waals surface area contributed by atoms with Gasteiger partial charge in [-0.15, -0.1) is 11.3 Å². The maximum Gasteiger partial charge on any atom is 0.231 e. The van der Waals surface area contributed by atoms with Crippen molar-refractivity contribution in [2.45, 2.75) is 13.3 Å². The lowest BCUT2D eigenvalue weighted by molar-refractivity contribution is -0.119. The first kappa shape index (κ1) is 10.9. The molecule has 16 heavy (non-hydrogen) atoms. The van der Waals surface area contributed by atoms with Gasteiger partial charge in [-0.05, 0) is 13.3 Å². The lowest BCUT2D eigenvalue weighted by Gasteiger charge is -2.08. The Balaban J connectivity index is 1.92. The number of thiazole rings is 1. The van der Waals surface area contributed by atoms with Crippen molar-refractivity contribution in [1.82, 2.24) is 9.88 Å². The molecule has 1 amide bonds. The molecule has 0 radical (unpaired) electrons. The highest BCUT2D eigenvalue weighted by Crippen LogP contribution is 2.20. The summed E-state index contributed by atoms with van der Waals surface area (Å²) in [5.41, 5.74) is 0. The molecule has 0 bridgehead atoms. The first-order valence-electron chi connectivity index (χ1n) is 5.07. The smallest absolute Gasteiger partial charge is 0.231 e. The Kier molecular flexibility index (Phi) is 3.06. The van der Waals surface area contributed by atoms with E-state index < -0.39 is 0 Å². The average Bonchev–Trinajstić information content (AvgIpc) is 2.87. The molecule has 1 atom stereocenters. The minimum atomic E-state index is -0.0937. The van der Waals surface area contributed by atoms with Crippen LogP contribution in [0.2, 0.25) is 0 Å². The van der Waals surface area contributed by atoms with Crippen LogP contribution in [-0.4, -0.2) is 28.9 Å². The predicted octanol–water partition coefficient (Wildman–Crippen LogP) is 1.19. The zero-order chi connectivity index (χ0) is 11.5. The van der Waals surface area contributed by atoms with Gasteiger partial charge >= 0.3 is 0 Å². The molecule has 0 spiro atoms. The summed E-state index contributed by atoms with van der Waals surface area (Å²) in [4.78, 5) is 18.6. The summed E-state index contributed by atoms with van der Waals surface area (Å²) in [5, 5.41) is 12.1. The van der Waals surface area contributed by atoms with E-state index in [0.717, 1.165) is 11.3 Å². The van der Waals surface area contributed by atoms with Crippen LogP contribution in [0.25, 0.3) is 0 Å². The number of nitrogens with one attached hydrogen (secondary N) is 1. The van der Waals surface area contributed by atoms with Crippen molar-refractivity contribution in [2.24, 2.45) is 5.92 Å². The molecule has 1 aromatic rings. The quantitative estimate of drug-likeness (QED) is 0.783. The van der Waals surface area contributed by atoms with Crippen molar-refractivity contribution in [3.8, 4) is 6.19 Å². The number of nitriles is 1. The summed E-state index contributed by atoms with van der Waals surface area (Å²) >= 11 is 1.46. The zero-order valence-corrected chi connectivity index (χ0v) is 9.75. The fourth-order valence-electron chi connectivity index (χ4n) is 1.69. The molecule has 0 saturated carbocycles. The molecule has 1 aliphatic heterocycles. The topological polar surface area (TPSA) is 69.0 Å². The highest BCUT2D eigenvalue weighted by atomic mass is 32.1. The Morgan fingerprint density at radius 1 is 1.81 bits per heavy atom. The largest absolute Gasteiger partial charge is 0.310 e. The van der Waals surface area contributed by atoms with Gasteiger partial charge in [0.05, 0.1) is 5.92 Å². The number of carbonyl (C=O) groups excluding carboxylic acids is 1. The highest BCUT2D eigenvalue weighted by molar-refractivity contribution is 7.15. The van der Waals surface area contributed by atoms with E-state index in [1.165, 1.54) is 11.3 Å². The van der Waals surface area contributed by atoms with Gasteiger partial charge < -0.3 is 10.2 Å². The lowest BCUT2D eigenvalue weighted by atomic mass is 10.1. The van der Waals surface area contributed by atoms with Crippen LogP contribution >= 0.6 is 11.3 Å². The molecular weight excluding hydrogens is 224 g/mol. The third kappa shape index (κ3) is 2.31. The summed E-state index contributed by atoms with van der Waals surface area (Å²) in [7, 11) is 0. The second-order valence-corrected chi connectivity index (χ2v) is 5.03. The lowest BCUT2D eigenvalue weighted by Crippen LogP contribution is -2.25. The number of carbonyl (C=O) groups is 1. The molecule has 84 valence electrons. The van der Waals surface area contributed by atoms with Crippen molar-refractivity contribution in [3.63, 3.8) is 0 Å². The highest BCUT2D eigenvalue weighted by Gasteiger charge is 2.28. The summed E-state index contributed by atoms with van der Waals surface area (Å²) < 4.78 is 0. The third-order valence-electron chi connectivity index (χ3n) is 2.55. The van der Waals surface area contributed by atoms with Gasteiger partial charge in [0.15, 0.2) is 11.3 Å². The van der Waals surface area contributed by atoms with E-state index in [4.69, 9.17) is 5.26 Å². The van der Waals surface area contributed by atoms with Gasteiger partial charge in [0.1, 0.15) is 0 Å². The van der Waals surface area contributed by atoms with Gasteiger partial charge in [-0.3, -0.25) is 4.79 Å². The number of hydrogen-bond acceptors (Lipinski definition) is 5. The van der Waals surface area contributed by atoms with Crippen LogP contribution in [0, 0.1) is 24.3 Å². The van der Waals surface area contributed by atoms with Crippen molar-refractivity contribution < 1.29 is 4.79 Å². The van der Waals surface area contributed by atoms with Crippen LogP contribution < -0.4 is 5.32 Å². The van der Waals surface area contributed by atoms with E-state index in [-0.39, 0.29) is 11.8 Å². The van der Waals surface area contributed by atoms with E-state index in [2.05, 4.69) is 16.5 Å². The number of likely N-dealkylation sites (tertiary alicyclic amines) is 1. The van der Waals surface area contributed by atoms with E-state index >= 15 is 0 Å². The molecule has 0 aromatic carbocycles. The van der Waals surface area contributed by atoms with Crippen LogP contribution in [0.1, 0.15) is 11.3 Å². The molecule has 1 aliphatic rings. The van der Waals surface area contributed by atoms with E-state index in [0.29, 0.717) is 18.2 Å². The predicted molar refractivity (Wildman–Crippen MR) is 60.8 cm³/mol. The normalized spacial score (nSPS) is 19.5. The SMILES string of the molecule is Cc1cnc(NC(=O)C2CCN(C#N)C2)s1. The fraction of sp³-hybridized carbons (Fsp3) is 0.500. The maximum atomic E-state index is 11.8. The third-order valence-corrected chi connectivity index (χ3v) is 3.38. The number of amides is 1. The number of rotatable bonds is 2. The summed E-state index contributed by atoms with van der Waals surface area (Å²) in [5.74, 6) is -0.129. The molecule has 1 unspecified atom stereocenters. The molecule has 5 nitrogen and oxygen atoms in total. The summed E-state index contributed by atoms with van der Waals surface area (Å²) in [6, 6.07) is 0. The second kappa shape index (κ2) is 4.49. The van der Waals surface area contributed by atoms with E-state index in [9.17, 15) is 4.79 Å². The fourth-order valence-corrected chi connectivity index (χ4v) is 2.35. The van der Waals surface area contributed by atoms with Crippen LogP contribution in [0.15, 0.2) is 6.20 Å².